The molecule has 5 heteroatoms. The van der Waals surface area contributed by atoms with E-state index in [1.165, 1.54) is 0 Å². The Labute approximate surface area is 109 Å². The molecule has 1 aliphatic heterocycles. The van der Waals surface area contributed by atoms with Crippen LogP contribution in [0.25, 0.3) is 0 Å². The Balaban J connectivity index is 2.28. The number of rotatable bonds is 4. The minimum atomic E-state index is -0.118. The maximum atomic E-state index is 11.5. The van der Waals surface area contributed by atoms with Gasteiger partial charge in [0.1, 0.15) is 0 Å². The number of hydrogen-bond donors (Lipinski definition) is 1. The molecule has 0 radical (unpaired) electrons. The molecule has 18 heavy (non-hydrogen) atoms. The molecule has 100 valence electrons. The van der Waals surface area contributed by atoms with Crippen LogP contribution >= 0.6 is 0 Å². The van der Waals surface area contributed by atoms with Crippen molar-refractivity contribution in [2.45, 2.75) is 20.3 Å². The van der Waals surface area contributed by atoms with Gasteiger partial charge in [0.25, 0.3) is 5.91 Å². The molecule has 2 amide bonds. The molecule has 0 aromatic rings. The lowest BCUT2D eigenvalue weighted by atomic mass is 10.3. The van der Waals surface area contributed by atoms with Gasteiger partial charge in [-0.3, -0.25) is 14.5 Å². The monoisotopic (exact) mass is 251 g/mol. The van der Waals surface area contributed by atoms with Crippen molar-refractivity contribution in [3.63, 3.8) is 0 Å². The van der Waals surface area contributed by atoms with Gasteiger partial charge in [0.05, 0.1) is 6.54 Å². The summed E-state index contributed by atoms with van der Waals surface area (Å²) in [6, 6.07) is 0. The summed E-state index contributed by atoms with van der Waals surface area (Å²) in [4.78, 5) is 26.9. The van der Waals surface area contributed by atoms with Gasteiger partial charge in [-0.1, -0.05) is 12.8 Å². The van der Waals surface area contributed by atoms with Gasteiger partial charge in [-0.2, -0.15) is 0 Å². The maximum absolute atomic E-state index is 11.5. The minimum Gasteiger partial charge on any atom is -0.355 e. The predicted molar refractivity (Wildman–Crippen MR) is 69.8 cm³/mol. The standard InChI is InChI=1S/C13H21N3O2/c1-3-5-13(18)16-9-7-15(8-10-16)11-12(17)14-6-4-2/h4,6-11H2,1-2H3,(H,14,17). The topological polar surface area (TPSA) is 52.7 Å². The van der Waals surface area contributed by atoms with Crippen LogP contribution in [0.5, 0.6) is 0 Å². The van der Waals surface area contributed by atoms with Gasteiger partial charge >= 0.3 is 0 Å². The van der Waals surface area contributed by atoms with Gasteiger partial charge in [-0.05, 0) is 19.3 Å². The lowest BCUT2D eigenvalue weighted by molar-refractivity contribution is -0.127. The van der Waals surface area contributed by atoms with Crippen molar-refractivity contribution in [2.24, 2.45) is 0 Å². The van der Waals surface area contributed by atoms with Crippen LogP contribution < -0.4 is 5.32 Å². The molecule has 1 rings (SSSR count). The summed E-state index contributed by atoms with van der Waals surface area (Å²) in [7, 11) is 0. The van der Waals surface area contributed by atoms with E-state index in [2.05, 4.69) is 22.1 Å². The van der Waals surface area contributed by atoms with Crippen LogP contribution in [0.3, 0.4) is 0 Å². The number of piperazine rings is 1. The summed E-state index contributed by atoms with van der Waals surface area (Å²) in [5, 5.41) is 2.85. The summed E-state index contributed by atoms with van der Waals surface area (Å²) < 4.78 is 0. The Morgan fingerprint density at radius 2 is 1.89 bits per heavy atom. The highest BCUT2D eigenvalue weighted by molar-refractivity contribution is 5.93. The SMILES string of the molecule is CC#CC(=O)N1CCN(CC(=O)NCCC)CC1. The minimum absolute atomic E-state index is 0.0602. The lowest BCUT2D eigenvalue weighted by Crippen LogP contribution is -2.50. The normalized spacial score (nSPS) is 15.8. The molecule has 5 nitrogen and oxygen atoms in total. The van der Waals surface area contributed by atoms with E-state index in [0.717, 1.165) is 26.1 Å². The highest BCUT2D eigenvalue weighted by atomic mass is 16.2. The Morgan fingerprint density at radius 3 is 2.44 bits per heavy atom. The van der Waals surface area contributed by atoms with Crippen molar-refractivity contribution in [1.29, 1.82) is 0 Å². The van der Waals surface area contributed by atoms with Crippen LogP contribution in [0.1, 0.15) is 20.3 Å². The number of nitrogens with zero attached hydrogens (tertiary/aromatic N) is 2. The number of carbonyl (C=O) groups excluding carboxylic acids is 2. The zero-order chi connectivity index (χ0) is 13.4. The van der Waals surface area contributed by atoms with Crippen molar-refractivity contribution >= 4 is 11.8 Å². The van der Waals surface area contributed by atoms with E-state index in [1.807, 2.05) is 6.92 Å². The van der Waals surface area contributed by atoms with E-state index in [0.29, 0.717) is 19.6 Å². The molecule has 1 fully saturated rings. The number of hydrogen-bond acceptors (Lipinski definition) is 3. The fourth-order valence-corrected chi connectivity index (χ4v) is 1.82. The van der Waals surface area contributed by atoms with Gasteiger partial charge in [-0.15, -0.1) is 0 Å². The fourth-order valence-electron chi connectivity index (χ4n) is 1.82. The molecule has 0 spiro atoms. The van der Waals surface area contributed by atoms with E-state index in [-0.39, 0.29) is 11.8 Å². The van der Waals surface area contributed by atoms with Crippen molar-refractivity contribution in [3.05, 3.63) is 0 Å². The smallest absolute Gasteiger partial charge is 0.298 e. The van der Waals surface area contributed by atoms with Crippen molar-refractivity contribution < 1.29 is 9.59 Å². The third-order valence-corrected chi connectivity index (χ3v) is 2.83. The Kier molecular flexibility index (Phi) is 6.23. The van der Waals surface area contributed by atoms with Crippen LogP contribution in [-0.2, 0) is 9.59 Å². The van der Waals surface area contributed by atoms with Crippen LogP contribution in [0.15, 0.2) is 0 Å². The van der Waals surface area contributed by atoms with Gasteiger partial charge in [-0.25, -0.2) is 0 Å². The second-order valence-corrected chi connectivity index (χ2v) is 4.29. The zero-order valence-electron chi connectivity index (χ0n) is 11.2. The highest BCUT2D eigenvalue weighted by Crippen LogP contribution is 2.01. The molecule has 0 aliphatic carbocycles. The third kappa shape index (κ3) is 4.76. The molecule has 1 aliphatic rings. The average molecular weight is 251 g/mol. The molecule has 0 saturated carbocycles. The molecule has 0 aromatic carbocycles. The molecule has 0 aromatic heterocycles. The molecule has 0 unspecified atom stereocenters. The van der Waals surface area contributed by atoms with Gasteiger partial charge in [0.15, 0.2) is 0 Å². The molecule has 0 bridgehead atoms. The third-order valence-electron chi connectivity index (χ3n) is 2.83. The van der Waals surface area contributed by atoms with E-state index in [4.69, 9.17) is 0 Å². The second kappa shape index (κ2) is 7.72. The van der Waals surface area contributed by atoms with E-state index < -0.39 is 0 Å². The molecular formula is C13H21N3O2. The molecule has 1 saturated heterocycles. The quantitative estimate of drug-likeness (QED) is 0.697. The van der Waals surface area contributed by atoms with E-state index in [1.54, 1.807) is 11.8 Å². The summed E-state index contributed by atoms with van der Waals surface area (Å²) in [6.45, 7) is 7.59. The van der Waals surface area contributed by atoms with Crippen molar-refractivity contribution in [2.75, 3.05) is 39.3 Å². The molecule has 0 atom stereocenters. The van der Waals surface area contributed by atoms with Crippen LogP contribution in [-0.4, -0.2) is 60.9 Å². The number of carbonyl (C=O) groups is 2. The maximum Gasteiger partial charge on any atom is 0.298 e. The molecule has 1 N–H and O–H groups in total. The zero-order valence-corrected chi connectivity index (χ0v) is 11.2. The van der Waals surface area contributed by atoms with Crippen LogP contribution in [0.2, 0.25) is 0 Å². The van der Waals surface area contributed by atoms with Gasteiger partial charge < -0.3 is 10.2 Å². The Hall–Kier alpha value is -1.54. The van der Waals surface area contributed by atoms with Crippen molar-refractivity contribution in [1.82, 2.24) is 15.1 Å². The van der Waals surface area contributed by atoms with Gasteiger partial charge in [0, 0.05) is 32.7 Å². The van der Waals surface area contributed by atoms with Gasteiger partial charge in [0.2, 0.25) is 5.91 Å². The first-order chi connectivity index (χ1) is 8.67. The Morgan fingerprint density at radius 1 is 1.22 bits per heavy atom. The van der Waals surface area contributed by atoms with Crippen LogP contribution in [0, 0.1) is 11.8 Å². The first-order valence-electron chi connectivity index (χ1n) is 6.38. The molecule has 1 heterocycles. The van der Waals surface area contributed by atoms with E-state index in [9.17, 15) is 9.59 Å². The summed E-state index contributed by atoms with van der Waals surface area (Å²) in [5.74, 6) is 5.09. The van der Waals surface area contributed by atoms with E-state index >= 15 is 0 Å². The number of amides is 2. The molecular weight excluding hydrogens is 230 g/mol. The first kappa shape index (κ1) is 14.5. The summed E-state index contributed by atoms with van der Waals surface area (Å²) in [5.41, 5.74) is 0. The fraction of sp³-hybridized carbons (Fsp3) is 0.692. The number of nitrogens with one attached hydrogen (secondary N) is 1. The Bertz CT molecular complexity index is 349. The summed E-state index contributed by atoms with van der Waals surface area (Å²) in [6.07, 6.45) is 0.948. The second-order valence-electron chi connectivity index (χ2n) is 4.29. The summed E-state index contributed by atoms with van der Waals surface area (Å²) >= 11 is 0. The first-order valence-corrected chi connectivity index (χ1v) is 6.38. The van der Waals surface area contributed by atoms with Crippen LogP contribution in [0.4, 0.5) is 0 Å². The largest absolute Gasteiger partial charge is 0.355 e. The predicted octanol–water partition coefficient (Wildman–Crippen LogP) is -0.320. The lowest BCUT2D eigenvalue weighted by Gasteiger charge is -2.33. The highest BCUT2D eigenvalue weighted by Gasteiger charge is 2.21. The average Bonchev–Trinajstić information content (AvgIpc) is 2.37. The van der Waals surface area contributed by atoms with Crippen molar-refractivity contribution in [3.8, 4) is 11.8 Å².